The van der Waals surface area contributed by atoms with E-state index < -0.39 is 0 Å². The van der Waals surface area contributed by atoms with Gasteiger partial charge in [-0.2, -0.15) is 0 Å². The third kappa shape index (κ3) is 3.18. The molecule has 2 aromatic carbocycles. The second-order valence-electron chi connectivity index (χ2n) is 5.21. The highest BCUT2D eigenvalue weighted by Gasteiger charge is 2.07. The van der Waals surface area contributed by atoms with Crippen molar-refractivity contribution in [1.29, 1.82) is 0 Å². The molecule has 0 saturated heterocycles. The van der Waals surface area contributed by atoms with E-state index in [0.29, 0.717) is 0 Å². The normalized spacial score (nSPS) is 10.8. The van der Waals surface area contributed by atoms with Crippen molar-refractivity contribution in [2.24, 2.45) is 0 Å². The summed E-state index contributed by atoms with van der Waals surface area (Å²) in [5.41, 5.74) is 3.79. The van der Waals surface area contributed by atoms with Crippen molar-refractivity contribution in [2.45, 2.75) is 0 Å². The van der Waals surface area contributed by atoms with Crippen LogP contribution in [0.5, 0.6) is 0 Å². The third-order valence-electron chi connectivity index (χ3n) is 3.70. The van der Waals surface area contributed by atoms with E-state index in [9.17, 15) is 0 Å². The van der Waals surface area contributed by atoms with E-state index in [1.165, 1.54) is 35.1 Å². The second-order valence-corrected chi connectivity index (χ2v) is 8.76. The predicted molar refractivity (Wildman–Crippen MR) is 106 cm³/mol. The van der Waals surface area contributed by atoms with Crippen molar-refractivity contribution in [3.05, 3.63) is 82.6 Å². The molecule has 0 aliphatic rings. The molecule has 0 saturated carbocycles. The van der Waals surface area contributed by atoms with Gasteiger partial charge in [0.2, 0.25) is 0 Å². The summed E-state index contributed by atoms with van der Waals surface area (Å²) in [6, 6.07) is 28.0. The largest absolute Gasteiger partial charge is 0.134 e. The van der Waals surface area contributed by atoms with Gasteiger partial charge < -0.3 is 0 Å². The molecule has 0 aliphatic heterocycles. The van der Waals surface area contributed by atoms with Crippen molar-refractivity contribution in [1.82, 2.24) is 0 Å². The van der Waals surface area contributed by atoms with E-state index in [2.05, 4.69) is 88.7 Å². The molecular weight excluding hydrogens is 384 g/mol. The van der Waals surface area contributed by atoms with Gasteiger partial charge in [-0.1, -0.05) is 54.6 Å². The Morgan fingerprint density at radius 3 is 1.74 bits per heavy atom. The van der Waals surface area contributed by atoms with E-state index in [4.69, 9.17) is 0 Å². The lowest BCUT2D eigenvalue weighted by Crippen LogP contribution is -1.77. The van der Waals surface area contributed by atoms with Gasteiger partial charge in [0.15, 0.2) is 0 Å². The molecule has 2 heterocycles. The lowest BCUT2D eigenvalue weighted by molar-refractivity contribution is 1.62. The summed E-state index contributed by atoms with van der Waals surface area (Å²) in [4.78, 5) is 3.95. The first-order chi connectivity index (χ1) is 11.3. The smallest absolute Gasteiger partial charge is 0.0705 e. The van der Waals surface area contributed by atoms with E-state index in [1.807, 2.05) is 17.4 Å². The van der Waals surface area contributed by atoms with Gasteiger partial charge in [0, 0.05) is 14.6 Å². The maximum Gasteiger partial charge on any atom is 0.0705 e. The van der Waals surface area contributed by atoms with E-state index in [-0.39, 0.29) is 0 Å². The summed E-state index contributed by atoms with van der Waals surface area (Å²) in [5, 5.41) is 0. The van der Waals surface area contributed by atoms with Gasteiger partial charge in [-0.25, -0.2) is 0 Å². The molecule has 2 aromatic heterocycles. The Hall–Kier alpha value is -1.68. The van der Waals surface area contributed by atoms with E-state index >= 15 is 0 Å². The quantitative estimate of drug-likeness (QED) is 0.334. The zero-order chi connectivity index (χ0) is 15.6. The Kier molecular flexibility index (Phi) is 4.17. The van der Waals surface area contributed by atoms with Crippen LogP contribution in [0.2, 0.25) is 0 Å². The van der Waals surface area contributed by atoms with Crippen molar-refractivity contribution < 1.29 is 0 Å². The van der Waals surface area contributed by atoms with Crippen LogP contribution in [0.4, 0.5) is 0 Å². The molecular formula is C20H13BrS2. The molecule has 4 aromatic rings. The molecule has 0 bridgehead atoms. The summed E-state index contributed by atoms with van der Waals surface area (Å²) in [5.74, 6) is 0. The van der Waals surface area contributed by atoms with Gasteiger partial charge in [-0.05, 0) is 56.9 Å². The second kappa shape index (κ2) is 6.44. The fraction of sp³-hybridized carbons (Fsp3) is 0. The zero-order valence-corrected chi connectivity index (χ0v) is 15.4. The lowest BCUT2D eigenvalue weighted by Gasteiger charge is -2.03. The van der Waals surface area contributed by atoms with Gasteiger partial charge in [0.1, 0.15) is 0 Å². The highest BCUT2D eigenvalue weighted by atomic mass is 79.9. The molecule has 23 heavy (non-hydrogen) atoms. The van der Waals surface area contributed by atoms with Crippen LogP contribution < -0.4 is 0 Å². The maximum absolute atomic E-state index is 3.53. The highest BCUT2D eigenvalue weighted by molar-refractivity contribution is 9.11. The fourth-order valence-electron chi connectivity index (χ4n) is 2.53. The number of halogens is 1. The minimum Gasteiger partial charge on any atom is -0.134 e. The van der Waals surface area contributed by atoms with Gasteiger partial charge in [-0.3, -0.25) is 0 Å². The number of hydrogen-bond donors (Lipinski definition) is 0. The minimum atomic E-state index is 1.18. The molecule has 0 nitrogen and oxygen atoms in total. The van der Waals surface area contributed by atoms with Crippen LogP contribution in [0.25, 0.3) is 31.3 Å². The minimum absolute atomic E-state index is 1.18. The summed E-state index contributed by atoms with van der Waals surface area (Å²) in [6.07, 6.45) is 0. The van der Waals surface area contributed by atoms with Crippen LogP contribution in [0, 0.1) is 0 Å². The average Bonchev–Trinajstić information content (AvgIpc) is 3.25. The predicted octanol–water partition coefficient (Wildman–Crippen LogP) is 7.57. The van der Waals surface area contributed by atoms with Crippen LogP contribution in [0.1, 0.15) is 0 Å². The fourth-order valence-corrected chi connectivity index (χ4v) is 5.02. The molecule has 4 rings (SSSR count). The molecule has 0 N–H and O–H groups in total. The molecule has 0 radical (unpaired) electrons. The summed E-state index contributed by atoms with van der Waals surface area (Å²) in [6.45, 7) is 0. The molecule has 0 aliphatic carbocycles. The number of thiophene rings is 2. The van der Waals surface area contributed by atoms with Crippen molar-refractivity contribution in [2.75, 3.05) is 0 Å². The zero-order valence-electron chi connectivity index (χ0n) is 12.2. The van der Waals surface area contributed by atoms with Crippen LogP contribution in [0.15, 0.2) is 82.6 Å². The summed E-state index contributed by atoms with van der Waals surface area (Å²) >= 11 is 7.15. The van der Waals surface area contributed by atoms with Crippen LogP contribution in [-0.4, -0.2) is 0 Å². The Labute approximate surface area is 152 Å². The Morgan fingerprint density at radius 1 is 0.478 bits per heavy atom. The SMILES string of the molecule is Brc1ccc(-c2ccc(-c3ccc(-c4ccccc4)cc3)s2)s1. The summed E-state index contributed by atoms with van der Waals surface area (Å²) < 4.78 is 1.18. The van der Waals surface area contributed by atoms with E-state index in [0.717, 1.165) is 0 Å². The van der Waals surface area contributed by atoms with E-state index in [1.54, 1.807) is 11.3 Å². The average molecular weight is 397 g/mol. The molecule has 0 unspecified atom stereocenters. The van der Waals surface area contributed by atoms with Gasteiger partial charge in [0.25, 0.3) is 0 Å². The van der Waals surface area contributed by atoms with Crippen LogP contribution in [-0.2, 0) is 0 Å². The molecule has 0 spiro atoms. The van der Waals surface area contributed by atoms with Gasteiger partial charge >= 0.3 is 0 Å². The monoisotopic (exact) mass is 396 g/mol. The molecule has 0 amide bonds. The number of benzene rings is 2. The Morgan fingerprint density at radius 2 is 1.04 bits per heavy atom. The van der Waals surface area contributed by atoms with Crippen molar-refractivity contribution in [3.63, 3.8) is 0 Å². The third-order valence-corrected chi connectivity index (χ3v) is 6.65. The molecule has 0 fully saturated rings. The summed E-state index contributed by atoms with van der Waals surface area (Å²) in [7, 11) is 0. The van der Waals surface area contributed by atoms with Gasteiger partial charge in [-0.15, -0.1) is 22.7 Å². The van der Waals surface area contributed by atoms with Gasteiger partial charge in [0.05, 0.1) is 3.79 Å². The first-order valence-electron chi connectivity index (χ1n) is 7.31. The van der Waals surface area contributed by atoms with Crippen LogP contribution >= 0.6 is 38.6 Å². The Balaban J connectivity index is 1.63. The standard InChI is InChI=1S/C20H13BrS2/c21-20-13-12-19(23-20)18-11-10-17(22-18)16-8-6-15(7-9-16)14-4-2-1-3-5-14/h1-13H. The number of hydrogen-bond acceptors (Lipinski definition) is 2. The first-order valence-corrected chi connectivity index (χ1v) is 9.73. The lowest BCUT2D eigenvalue weighted by atomic mass is 10.0. The maximum atomic E-state index is 3.53. The highest BCUT2D eigenvalue weighted by Crippen LogP contribution is 2.39. The molecule has 112 valence electrons. The van der Waals surface area contributed by atoms with Crippen molar-refractivity contribution in [3.8, 4) is 31.3 Å². The first kappa shape index (κ1) is 14.9. The Bertz CT molecular complexity index is 918. The van der Waals surface area contributed by atoms with Crippen molar-refractivity contribution >= 4 is 38.6 Å². The topological polar surface area (TPSA) is 0 Å². The number of rotatable bonds is 3. The molecule has 0 atom stereocenters. The molecule has 3 heteroatoms. The van der Waals surface area contributed by atoms with Crippen LogP contribution in [0.3, 0.4) is 0 Å².